The maximum absolute atomic E-state index is 13.4. The van der Waals surface area contributed by atoms with E-state index in [1.54, 1.807) is 13.0 Å². The van der Waals surface area contributed by atoms with Crippen molar-refractivity contribution < 1.29 is 32.3 Å². The number of nitrogens with zero attached hydrogens (tertiary/aromatic N) is 1. The van der Waals surface area contributed by atoms with Crippen LogP contribution in [0.2, 0.25) is 0 Å². The third kappa shape index (κ3) is 4.63. The number of hydrogen-bond donors (Lipinski definition) is 1. The van der Waals surface area contributed by atoms with E-state index in [9.17, 15) is 22.8 Å². The highest BCUT2D eigenvalue weighted by molar-refractivity contribution is 9.10. The van der Waals surface area contributed by atoms with Gasteiger partial charge in [-0.3, -0.25) is 9.52 Å². The Bertz CT molecular complexity index is 1180. The minimum atomic E-state index is -4.21. The van der Waals surface area contributed by atoms with Gasteiger partial charge < -0.3 is 14.4 Å². The van der Waals surface area contributed by atoms with Crippen molar-refractivity contribution in [2.24, 2.45) is 0 Å². The van der Waals surface area contributed by atoms with Gasteiger partial charge in [-0.2, -0.15) is 0 Å². The molecule has 1 amide bonds. The van der Waals surface area contributed by atoms with Gasteiger partial charge >= 0.3 is 11.9 Å². The van der Waals surface area contributed by atoms with Crippen molar-refractivity contribution >= 4 is 55.2 Å². The molecule has 1 aliphatic heterocycles. The smallest absolute Gasteiger partial charge is 0.337 e. The Kier molecular flexibility index (Phi) is 6.89. The Labute approximate surface area is 193 Å². The fourth-order valence-corrected chi connectivity index (χ4v) is 5.46. The SMILES string of the molecule is CCC(=O)N1CCc2cc(Br)cc(S(=O)(=O)Nc3cc(C(=O)OC)cc(C(=O)OC)c3)c21. The molecule has 0 aliphatic carbocycles. The van der Waals surface area contributed by atoms with Gasteiger partial charge in [0.15, 0.2) is 0 Å². The molecule has 32 heavy (non-hydrogen) atoms. The van der Waals surface area contributed by atoms with Crippen LogP contribution < -0.4 is 9.62 Å². The number of carbonyl (C=O) groups is 3. The number of hydrogen-bond acceptors (Lipinski definition) is 7. The number of fused-ring (bicyclic) bond motifs is 1. The van der Waals surface area contributed by atoms with E-state index in [0.717, 1.165) is 5.56 Å². The normalized spacial score (nSPS) is 12.8. The molecule has 3 rings (SSSR count). The van der Waals surface area contributed by atoms with E-state index < -0.39 is 22.0 Å². The molecule has 2 aromatic rings. The van der Waals surface area contributed by atoms with Crippen LogP contribution in [0.4, 0.5) is 11.4 Å². The second-order valence-corrected chi connectivity index (χ2v) is 9.51. The predicted octanol–water partition coefficient (Wildman–Crippen LogP) is 3.12. The topological polar surface area (TPSA) is 119 Å². The molecular formula is C21H21BrN2O7S. The van der Waals surface area contributed by atoms with Crippen molar-refractivity contribution in [3.8, 4) is 0 Å². The molecule has 0 bridgehead atoms. The van der Waals surface area contributed by atoms with Crippen molar-refractivity contribution in [2.75, 3.05) is 30.4 Å². The van der Waals surface area contributed by atoms with Crippen LogP contribution in [0.1, 0.15) is 39.6 Å². The lowest BCUT2D eigenvalue weighted by Crippen LogP contribution is -2.29. The van der Waals surface area contributed by atoms with Crippen LogP contribution in [0.25, 0.3) is 0 Å². The number of ether oxygens (including phenoxy) is 2. The standard InChI is InChI=1S/C21H21BrN2O7S/c1-4-18(25)24-6-5-12-8-15(22)11-17(19(12)24)32(28,29)23-16-9-13(20(26)30-2)7-14(10-16)21(27)31-3/h7-11,23H,4-6H2,1-3H3. The summed E-state index contributed by atoms with van der Waals surface area (Å²) in [6.07, 6.45) is 0.749. The molecule has 9 nitrogen and oxygen atoms in total. The minimum absolute atomic E-state index is 0.0321. The molecule has 0 saturated heterocycles. The zero-order valence-electron chi connectivity index (χ0n) is 17.6. The summed E-state index contributed by atoms with van der Waals surface area (Å²) in [5.74, 6) is -1.69. The van der Waals surface area contributed by atoms with Crippen LogP contribution in [0.3, 0.4) is 0 Å². The minimum Gasteiger partial charge on any atom is -0.465 e. The Morgan fingerprint density at radius 1 is 1.03 bits per heavy atom. The van der Waals surface area contributed by atoms with E-state index in [1.807, 2.05) is 0 Å². The Hall–Kier alpha value is -2.92. The fourth-order valence-electron chi connectivity index (χ4n) is 3.48. The summed E-state index contributed by atoms with van der Waals surface area (Å²) in [6, 6.07) is 6.94. The lowest BCUT2D eigenvalue weighted by atomic mass is 10.1. The maximum atomic E-state index is 13.4. The lowest BCUT2D eigenvalue weighted by Gasteiger charge is -2.21. The highest BCUT2D eigenvalue weighted by Gasteiger charge is 2.32. The molecule has 0 unspecified atom stereocenters. The van der Waals surface area contributed by atoms with Crippen LogP contribution in [0.15, 0.2) is 39.7 Å². The van der Waals surface area contributed by atoms with E-state index in [-0.39, 0.29) is 34.0 Å². The molecule has 0 saturated carbocycles. The van der Waals surface area contributed by atoms with Crippen molar-refractivity contribution in [3.63, 3.8) is 0 Å². The molecule has 0 spiro atoms. The predicted molar refractivity (Wildman–Crippen MR) is 120 cm³/mol. The Morgan fingerprint density at radius 2 is 1.62 bits per heavy atom. The molecule has 0 radical (unpaired) electrons. The van der Waals surface area contributed by atoms with Crippen molar-refractivity contribution in [1.29, 1.82) is 0 Å². The highest BCUT2D eigenvalue weighted by atomic mass is 79.9. The Balaban J connectivity index is 2.11. The van der Waals surface area contributed by atoms with Crippen molar-refractivity contribution in [2.45, 2.75) is 24.7 Å². The van der Waals surface area contributed by atoms with E-state index in [1.165, 1.54) is 43.4 Å². The number of anilines is 2. The number of amides is 1. The Morgan fingerprint density at radius 3 is 2.16 bits per heavy atom. The number of benzene rings is 2. The number of halogens is 1. The number of rotatable bonds is 6. The number of sulfonamides is 1. The van der Waals surface area contributed by atoms with Gasteiger partial charge in [0.1, 0.15) is 4.90 Å². The largest absolute Gasteiger partial charge is 0.465 e. The van der Waals surface area contributed by atoms with Gasteiger partial charge in [0.25, 0.3) is 10.0 Å². The maximum Gasteiger partial charge on any atom is 0.337 e. The summed E-state index contributed by atoms with van der Waals surface area (Å²) in [7, 11) is -1.88. The second-order valence-electron chi connectivity index (χ2n) is 6.95. The van der Waals surface area contributed by atoms with E-state index in [0.29, 0.717) is 23.1 Å². The van der Waals surface area contributed by atoms with Gasteiger partial charge in [0, 0.05) is 17.4 Å². The zero-order valence-corrected chi connectivity index (χ0v) is 20.0. The highest BCUT2D eigenvalue weighted by Crippen LogP contribution is 2.38. The lowest BCUT2D eigenvalue weighted by molar-refractivity contribution is -0.118. The number of esters is 2. The van der Waals surface area contributed by atoms with Gasteiger partial charge in [-0.25, -0.2) is 18.0 Å². The molecule has 170 valence electrons. The quantitative estimate of drug-likeness (QED) is 0.576. The van der Waals surface area contributed by atoms with Gasteiger partial charge in [0.2, 0.25) is 5.91 Å². The first-order valence-corrected chi connectivity index (χ1v) is 11.9. The molecule has 1 N–H and O–H groups in total. The van der Waals surface area contributed by atoms with Gasteiger partial charge in [-0.1, -0.05) is 22.9 Å². The first-order valence-electron chi connectivity index (χ1n) is 9.58. The van der Waals surface area contributed by atoms with Crippen LogP contribution in [-0.2, 0) is 30.7 Å². The van der Waals surface area contributed by atoms with Crippen molar-refractivity contribution in [3.05, 3.63) is 51.5 Å². The molecule has 0 atom stereocenters. The molecule has 2 aromatic carbocycles. The molecule has 1 aliphatic rings. The summed E-state index contributed by atoms with van der Waals surface area (Å²) in [4.78, 5) is 37.8. The summed E-state index contributed by atoms with van der Waals surface area (Å²) < 4.78 is 39.1. The first-order chi connectivity index (χ1) is 15.1. The average Bonchev–Trinajstić information content (AvgIpc) is 3.19. The molecule has 0 aromatic heterocycles. The van der Waals surface area contributed by atoms with Crippen LogP contribution in [-0.4, -0.2) is 47.0 Å². The van der Waals surface area contributed by atoms with E-state index in [2.05, 4.69) is 30.1 Å². The van der Waals surface area contributed by atoms with Crippen LogP contribution in [0.5, 0.6) is 0 Å². The number of methoxy groups -OCH3 is 2. The van der Waals surface area contributed by atoms with E-state index in [4.69, 9.17) is 0 Å². The molecule has 0 fully saturated rings. The summed E-state index contributed by atoms with van der Waals surface area (Å²) >= 11 is 3.33. The molecular weight excluding hydrogens is 504 g/mol. The number of nitrogens with one attached hydrogen (secondary N) is 1. The van der Waals surface area contributed by atoms with Crippen molar-refractivity contribution in [1.82, 2.24) is 0 Å². The van der Waals surface area contributed by atoms with Gasteiger partial charge in [-0.15, -0.1) is 0 Å². The third-order valence-electron chi connectivity index (χ3n) is 4.91. The summed E-state index contributed by atoms with van der Waals surface area (Å²) in [6.45, 7) is 2.09. The number of carbonyl (C=O) groups excluding carboxylic acids is 3. The summed E-state index contributed by atoms with van der Waals surface area (Å²) in [5.41, 5.74) is 0.948. The summed E-state index contributed by atoms with van der Waals surface area (Å²) in [5, 5.41) is 0. The van der Waals surface area contributed by atoms with E-state index >= 15 is 0 Å². The second kappa shape index (κ2) is 9.29. The first kappa shape index (κ1) is 23.7. The molecule has 11 heteroatoms. The zero-order chi connectivity index (χ0) is 23.6. The average molecular weight is 525 g/mol. The monoisotopic (exact) mass is 524 g/mol. The molecule has 1 heterocycles. The van der Waals surface area contributed by atoms with Gasteiger partial charge in [-0.05, 0) is 42.3 Å². The van der Waals surface area contributed by atoms with Gasteiger partial charge in [0.05, 0.1) is 36.7 Å². The van der Waals surface area contributed by atoms with Crippen LogP contribution in [0, 0.1) is 0 Å². The fraction of sp³-hybridized carbons (Fsp3) is 0.286. The van der Waals surface area contributed by atoms with Crippen LogP contribution >= 0.6 is 15.9 Å². The third-order valence-corrected chi connectivity index (χ3v) is 6.77.